The molecular weight excluding hydrogens is 387 g/mol. The lowest BCUT2D eigenvalue weighted by Crippen LogP contribution is -2.49. The molecule has 1 fully saturated rings. The number of benzene rings is 1. The van der Waals surface area contributed by atoms with Gasteiger partial charge in [0, 0.05) is 32.2 Å². The first kappa shape index (κ1) is 19.2. The number of nitro groups is 1. The monoisotopic (exact) mass is 401 g/mol. The first-order chi connectivity index (χ1) is 13.2. The highest BCUT2D eigenvalue weighted by atomic mass is 19.4. The summed E-state index contributed by atoms with van der Waals surface area (Å²) >= 11 is 0. The van der Waals surface area contributed by atoms with Crippen LogP contribution in [0.5, 0.6) is 0 Å². The first-order valence-corrected chi connectivity index (χ1v) is 7.88. The minimum absolute atomic E-state index is 0.0142. The molecule has 0 saturated carbocycles. The van der Waals surface area contributed by atoms with Gasteiger partial charge in [-0.3, -0.25) is 10.1 Å². The second-order valence-electron chi connectivity index (χ2n) is 5.85. The van der Waals surface area contributed by atoms with E-state index in [1.165, 1.54) is 0 Å². The van der Waals surface area contributed by atoms with Crippen molar-refractivity contribution in [1.82, 2.24) is 15.2 Å². The van der Waals surface area contributed by atoms with E-state index in [1.54, 1.807) is 9.80 Å². The van der Waals surface area contributed by atoms with Crippen molar-refractivity contribution < 1.29 is 27.9 Å². The van der Waals surface area contributed by atoms with E-state index < -0.39 is 22.4 Å². The predicted octanol–water partition coefficient (Wildman–Crippen LogP) is 1.54. The average molecular weight is 401 g/mol. The van der Waals surface area contributed by atoms with E-state index in [1.807, 2.05) is 0 Å². The van der Waals surface area contributed by atoms with Crippen molar-refractivity contribution in [2.75, 3.05) is 36.8 Å². The van der Waals surface area contributed by atoms with E-state index in [0.717, 1.165) is 12.1 Å². The number of hydrogen-bond donors (Lipinski definition) is 2. The van der Waals surface area contributed by atoms with Crippen molar-refractivity contribution in [3.05, 3.63) is 39.6 Å². The molecule has 0 aliphatic carbocycles. The molecule has 2 heterocycles. The number of hydrogen-bond acceptors (Lipinski definition) is 9. The van der Waals surface area contributed by atoms with Crippen molar-refractivity contribution >= 4 is 23.0 Å². The van der Waals surface area contributed by atoms with Crippen LogP contribution in [0.15, 0.2) is 28.0 Å². The summed E-state index contributed by atoms with van der Waals surface area (Å²) in [6, 6.07) is 2.40. The second-order valence-corrected chi connectivity index (χ2v) is 5.85. The maximum atomic E-state index is 12.8. The highest BCUT2D eigenvalue weighted by molar-refractivity contribution is 6.00. The summed E-state index contributed by atoms with van der Waals surface area (Å²) in [4.78, 5) is 13.6. The van der Waals surface area contributed by atoms with Crippen molar-refractivity contribution in [2.45, 2.75) is 6.18 Å². The lowest BCUT2D eigenvalue weighted by molar-refractivity contribution is -0.384. The smallest absolute Gasteiger partial charge is 0.409 e. The number of piperazine rings is 1. The molecule has 1 saturated heterocycles. The zero-order chi connectivity index (χ0) is 20.5. The third kappa shape index (κ3) is 3.60. The average Bonchev–Trinajstić information content (AvgIpc) is 3.07. The molecule has 28 heavy (non-hydrogen) atoms. The zero-order valence-corrected chi connectivity index (χ0v) is 14.1. The minimum Gasteiger partial charge on any atom is -0.409 e. The number of nitrogen functional groups attached to an aromatic ring is 1. The number of nitrogens with zero attached hydrogens (tertiary/aromatic N) is 6. The SMILES string of the molecule is Nc1nonc1/C(=N\O)N1CCN(c2ccc(C(F)(F)F)cc2[N+](=O)[O-])CC1. The lowest BCUT2D eigenvalue weighted by Gasteiger charge is -2.36. The second kappa shape index (κ2) is 7.21. The van der Waals surface area contributed by atoms with Gasteiger partial charge >= 0.3 is 6.18 Å². The van der Waals surface area contributed by atoms with Gasteiger partial charge in [-0.05, 0) is 22.4 Å². The molecule has 14 heteroatoms. The van der Waals surface area contributed by atoms with Gasteiger partial charge < -0.3 is 20.7 Å². The number of aromatic nitrogens is 2. The zero-order valence-electron chi connectivity index (χ0n) is 14.1. The summed E-state index contributed by atoms with van der Waals surface area (Å²) in [5.41, 5.74) is 3.96. The number of oxime groups is 1. The molecule has 2 aromatic rings. The Morgan fingerprint density at radius 2 is 1.96 bits per heavy atom. The van der Waals surface area contributed by atoms with E-state index in [4.69, 9.17) is 5.73 Å². The topological polar surface area (TPSA) is 147 Å². The predicted molar refractivity (Wildman–Crippen MR) is 88.9 cm³/mol. The molecule has 0 unspecified atom stereocenters. The Kier molecular flexibility index (Phi) is 4.94. The summed E-state index contributed by atoms with van der Waals surface area (Å²) in [5, 5.41) is 30.6. The van der Waals surface area contributed by atoms with Crippen LogP contribution >= 0.6 is 0 Å². The summed E-state index contributed by atoms with van der Waals surface area (Å²) in [6.07, 6.45) is -4.68. The number of nitro benzene ring substituents is 1. The Balaban J connectivity index is 1.80. The summed E-state index contributed by atoms with van der Waals surface area (Å²) in [7, 11) is 0. The Hall–Kier alpha value is -3.58. The molecule has 0 atom stereocenters. The van der Waals surface area contributed by atoms with Gasteiger partial charge in [0.15, 0.2) is 11.5 Å². The molecular formula is C14H14F3N7O4. The van der Waals surface area contributed by atoms with E-state index >= 15 is 0 Å². The third-order valence-electron chi connectivity index (χ3n) is 4.24. The van der Waals surface area contributed by atoms with E-state index in [9.17, 15) is 28.5 Å². The van der Waals surface area contributed by atoms with E-state index in [2.05, 4.69) is 20.1 Å². The standard InChI is InChI=1S/C14H14F3N7O4/c15-14(16,17)8-1-2-9(10(7-8)24(26)27)22-3-5-23(6-4-22)13(19-25)11-12(18)21-28-20-11/h1-2,7,25H,3-6H2,(H2,18,21)/b19-13+. The van der Waals surface area contributed by atoms with Crippen LogP contribution in [-0.2, 0) is 6.18 Å². The number of halogens is 3. The van der Waals surface area contributed by atoms with Crippen molar-refractivity contribution in [3.63, 3.8) is 0 Å². The number of alkyl halides is 3. The van der Waals surface area contributed by atoms with Gasteiger partial charge in [-0.2, -0.15) is 13.2 Å². The van der Waals surface area contributed by atoms with Crippen LogP contribution in [0.2, 0.25) is 0 Å². The molecule has 0 radical (unpaired) electrons. The van der Waals surface area contributed by atoms with Gasteiger partial charge in [0.25, 0.3) is 5.69 Å². The summed E-state index contributed by atoms with van der Waals surface area (Å²) in [5.74, 6) is -0.0612. The van der Waals surface area contributed by atoms with Crippen LogP contribution in [0.1, 0.15) is 11.3 Å². The molecule has 1 aromatic heterocycles. The third-order valence-corrected chi connectivity index (χ3v) is 4.24. The quantitative estimate of drug-likeness (QED) is 0.257. The Morgan fingerprint density at radius 1 is 1.29 bits per heavy atom. The van der Waals surface area contributed by atoms with Crippen LogP contribution in [-0.4, -0.2) is 57.4 Å². The van der Waals surface area contributed by atoms with Crippen LogP contribution < -0.4 is 10.6 Å². The molecule has 1 aromatic carbocycles. The highest BCUT2D eigenvalue weighted by Gasteiger charge is 2.34. The van der Waals surface area contributed by atoms with Gasteiger partial charge in [-0.1, -0.05) is 5.16 Å². The highest BCUT2D eigenvalue weighted by Crippen LogP contribution is 2.36. The lowest BCUT2D eigenvalue weighted by atomic mass is 10.1. The fraction of sp³-hybridized carbons (Fsp3) is 0.357. The molecule has 11 nitrogen and oxygen atoms in total. The maximum Gasteiger partial charge on any atom is 0.416 e. The number of nitrogens with two attached hydrogens (primary N) is 1. The van der Waals surface area contributed by atoms with Crippen LogP contribution in [0, 0.1) is 10.1 Å². The van der Waals surface area contributed by atoms with E-state index in [-0.39, 0.29) is 49.2 Å². The molecule has 1 aliphatic heterocycles. The van der Waals surface area contributed by atoms with Crippen molar-refractivity contribution in [1.29, 1.82) is 0 Å². The van der Waals surface area contributed by atoms with Crippen LogP contribution in [0.4, 0.5) is 30.4 Å². The normalized spacial score (nSPS) is 15.8. The summed E-state index contributed by atoms with van der Waals surface area (Å²) in [6.45, 7) is 0.917. The fourth-order valence-corrected chi connectivity index (χ4v) is 2.88. The van der Waals surface area contributed by atoms with Crippen molar-refractivity contribution in [2.24, 2.45) is 5.16 Å². The van der Waals surface area contributed by atoms with Gasteiger partial charge in [-0.25, -0.2) is 4.63 Å². The Labute approximate surface area is 154 Å². The Morgan fingerprint density at radius 3 is 2.46 bits per heavy atom. The largest absolute Gasteiger partial charge is 0.416 e. The van der Waals surface area contributed by atoms with Gasteiger partial charge in [0.1, 0.15) is 5.69 Å². The molecule has 3 N–H and O–H groups in total. The van der Waals surface area contributed by atoms with Gasteiger partial charge in [0.05, 0.1) is 10.5 Å². The molecule has 1 aliphatic rings. The van der Waals surface area contributed by atoms with Crippen molar-refractivity contribution in [3.8, 4) is 0 Å². The van der Waals surface area contributed by atoms with Crippen LogP contribution in [0.3, 0.4) is 0 Å². The van der Waals surface area contributed by atoms with Gasteiger partial charge in [0.2, 0.25) is 5.84 Å². The first-order valence-electron chi connectivity index (χ1n) is 7.88. The number of amidine groups is 1. The summed E-state index contributed by atoms with van der Waals surface area (Å²) < 4.78 is 43.0. The van der Waals surface area contributed by atoms with E-state index in [0.29, 0.717) is 6.07 Å². The van der Waals surface area contributed by atoms with Gasteiger partial charge in [-0.15, -0.1) is 0 Å². The molecule has 0 spiro atoms. The molecule has 150 valence electrons. The maximum absolute atomic E-state index is 12.8. The molecule has 3 rings (SSSR count). The minimum atomic E-state index is -4.68. The Bertz CT molecular complexity index is 907. The molecule has 0 amide bonds. The number of anilines is 2. The molecule has 0 bridgehead atoms. The fourth-order valence-electron chi connectivity index (χ4n) is 2.88. The number of rotatable bonds is 3. The van der Waals surface area contributed by atoms with Crippen LogP contribution in [0.25, 0.3) is 0 Å².